The van der Waals surface area contributed by atoms with Gasteiger partial charge in [-0.25, -0.2) is 4.79 Å². The van der Waals surface area contributed by atoms with Gasteiger partial charge in [0.25, 0.3) is 5.91 Å². The number of aromatic hydroxyl groups is 1. The fourth-order valence-corrected chi connectivity index (χ4v) is 1.88. The highest BCUT2D eigenvalue weighted by Crippen LogP contribution is 2.22. The minimum atomic E-state index is -1.23. The molecular formula is C14H10BrNO4. The van der Waals surface area contributed by atoms with E-state index in [9.17, 15) is 14.7 Å². The highest BCUT2D eigenvalue weighted by atomic mass is 79.9. The van der Waals surface area contributed by atoms with Crippen LogP contribution in [0.3, 0.4) is 0 Å². The van der Waals surface area contributed by atoms with Gasteiger partial charge in [0.1, 0.15) is 5.75 Å². The molecule has 0 heterocycles. The van der Waals surface area contributed by atoms with Crippen molar-refractivity contribution in [1.82, 2.24) is 0 Å². The lowest BCUT2D eigenvalue weighted by molar-refractivity contribution is 0.0697. The molecule has 20 heavy (non-hydrogen) atoms. The summed E-state index contributed by atoms with van der Waals surface area (Å²) in [6.45, 7) is 0. The van der Waals surface area contributed by atoms with Gasteiger partial charge in [-0.05, 0) is 42.5 Å². The Labute approximate surface area is 123 Å². The van der Waals surface area contributed by atoms with Gasteiger partial charge < -0.3 is 15.5 Å². The molecule has 102 valence electrons. The van der Waals surface area contributed by atoms with Crippen molar-refractivity contribution in [2.45, 2.75) is 0 Å². The number of phenolic OH excluding ortho intramolecular Hbond substituents is 1. The molecule has 0 spiro atoms. The maximum Gasteiger partial charge on any atom is 0.337 e. The van der Waals surface area contributed by atoms with Crippen LogP contribution in [-0.4, -0.2) is 22.1 Å². The van der Waals surface area contributed by atoms with Crippen LogP contribution in [0.25, 0.3) is 0 Å². The van der Waals surface area contributed by atoms with Crippen molar-refractivity contribution in [1.29, 1.82) is 0 Å². The van der Waals surface area contributed by atoms with Crippen molar-refractivity contribution >= 4 is 33.5 Å². The first-order valence-electron chi connectivity index (χ1n) is 5.60. The molecule has 0 aliphatic rings. The number of nitrogens with one attached hydrogen (secondary N) is 1. The summed E-state index contributed by atoms with van der Waals surface area (Å²) in [5.41, 5.74) is 0.358. The topological polar surface area (TPSA) is 86.6 Å². The molecule has 2 aromatic carbocycles. The van der Waals surface area contributed by atoms with Gasteiger partial charge in [-0.2, -0.15) is 0 Å². The van der Waals surface area contributed by atoms with Crippen molar-refractivity contribution in [3.8, 4) is 5.75 Å². The number of hydrogen-bond acceptors (Lipinski definition) is 3. The van der Waals surface area contributed by atoms with Crippen molar-refractivity contribution in [2.75, 3.05) is 5.32 Å². The van der Waals surface area contributed by atoms with E-state index >= 15 is 0 Å². The number of phenols is 1. The average molecular weight is 336 g/mol. The van der Waals surface area contributed by atoms with Crippen LogP contribution in [0.15, 0.2) is 46.9 Å². The molecule has 0 saturated heterocycles. The van der Waals surface area contributed by atoms with E-state index in [0.717, 1.165) is 10.5 Å². The molecule has 5 nitrogen and oxygen atoms in total. The molecule has 0 aliphatic carbocycles. The van der Waals surface area contributed by atoms with Gasteiger partial charge in [-0.3, -0.25) is 4.79 Å². The van der Waals surface area contributed by atoms with Crippen molar-refractivity contribution < 1.29 is 19.8 Å². The number of carboxylic acid groups (broad SMARTS) is 1. The smallest absolute Gasteiger partial charge is 0.337 e. The van der Waals surface area contributed by atoms with Gasteiger partial charge in [0.2, 0.25) is 0 Å². The summed E-state index contributed by atoms with van der Waals surface area (Å²) in [4.78, 5) is 23.1. The third kappa shape index (κ3) is 3.16. The lowest BCUT2D eigenvalue weighted by Gasteiger charge is -2.09. The Balaban J connectivity index is 2.28. The number of aromatic carboxylic acids is 1. The normalized spacial score (nSPS) is 10.1. The Morgan fingerprint density at radius 1 is 1.05 bits per heavy atom. The predicted molar refractivity (Wildman–Crippen MR) is 77.2 cm³/mol. The summed E-state index contributed by atoms with van der Waals surface area (Å²) in [6, 6.07) is 10.4. The van der Waals surface area contributed by atoms with Gasteiger partial charge >= 0.3 is 5.97 Å². The molecule has 0 saturated carbocycles. The first kappa shape index (κ1) is 14.1. The van der Waals surface area contributed by atoms with Crippen LogP contribution in [0.5, 0.6) is 5.75 Å². The van der Waals surface area contributed by atoms with Gasteiger partial charge in [0.15, 0.2) is 0 Å². The Kier molecular flexibility index (Phi) is 4.05. The van der Waals surface area contributed by atoms with Crippen molar-refractivity contribution in [3.05, 3.63) is 58.1 Å². The fourth-order valence-electron chi connectivity index (χ4n) is 1.61. The Bertz CT molecular complexity index is 667. The molecule has 0 fully saturated rings. The molecule has 3 N–H and O–H groups in total. The summed E-state index contributed by atoms with van der Waals surface area (Å²) < 4.78 is 0.838. The monoisotopic (exact) mass is 335 g/mol. The van der Waals surface area contributed by atoms with E-state index in [4.69, 9.17) is 5.11 Å². The van der Waals surface area contributed by atoms with Crippen LogP contribution in [0, 0.1) is 0 Å². The zero-order valence-corrected chi connectivity index (χ0v) is 11.7. The molecule has 2 aromatic rings. The van der Waals surface area contributed by atoms with Crippen molar-refractivity contribution in [2.24, 2.45) is 0 Å². The zero-order chi connectivity index (χ0) is 14.7. The largest absolute Gasteiger partial charge is 0.508 e. The van der Waals surface area contributed by atoms with Crippen LogP contribution >= 0.6 is 15.9 Å². The highest BCUT2D eigenvalue weighted by molar-refractivity contribution is 9.10. The maximum absolute atomic E-state index is 12.0. The predicted octanol–water partition coefficient (Wildman–Crippen LogP) is 3.11. The summed E-state index contributed by atoms with van der Waals surface area (Å²) in [5, 5.41) is 20.8. The average Bonchev–Trinajstić information content (AvgIpc) is 2.41. The number of benzene rings is 2. The lowest BCUT2D eigenvalue weighted by atomic mass is 10.1. The number of carbonyl (C=O) groups excluding carboxylic acids is 1. The van der Waals surface area contributed by atoms with Gasteiger partial charge in [0.05, 0.1) is 11.3 Å². The Morgan fingerprint density at radius 2 is 1.70 bits per heavy atom. The Hall–Kier alpha value is -2.34. The first-order chi connectivity index (χ1) is 9.47. The molecule has 2 rings (SSSR count). The van der Waals surface area contributed by atoms with E-state index in [1.165, 1.54) is 12.1 Å². The maximum atomic E-state index is 12.0. The van der Waals surface area contributed by atoms with Crippen LogP contribution < -0.4 is 5.32 Å². The summed E-state index contributed by atoms with van der Waals surface area (Å²) in [6.07, 6.45) is 0. The number of halogens is 1. The van der Waals surface area contributed by atoms with Crippen molar-refractivity contribution in [3.63, 3.8) is 0 Å². The number of carboxylic acids is 1. The van der Waals surface area contributed by atoms with E-state index in [1.54, 1.807) is 24.3 Å². The second-order valence-electron chi connectivity index (χ2n) is 4.00. The van der Waals surface area contributed by atoms with Gasteiger partial charge in [-0.15, -0.1) is 0 Å². The molecule has 6 heteroatoms. The third-order valence-electron chi connectivity index (χ3n) is 2.59. The van der Waals surface area contributed by atoms with E-state index in [1.807, 2.05) is 0 Å². The molecule has 0 bridgehead atoms. The van der Waals surface area contributed by atoms with E-state index in [0.29, 0.717) is 5.56 Å². The Morgan fingerprint density at radius 3 is 2.30 bits per heavy atom. The second kappa shape index (κ2) is 5.75. The minimum absolute atomic E-state index is 0.128. The number of amides is 1. The van der Waals surface area contributed by atoms with Crippen LogP contribution in [0.1, 0.15) is 20.7 Å². The zero-order valence-electron chi connectivity index (χ0n) is 10.1. The summed E-state index contributed by atoms with van der Waals surface area (Å²) >= 11 is 3.26. The van der Waals surface area contributed by atoms with E-state index < -0.39 is 11.9 Å². The number of anilines is 1. The van der Waals surface area contributed by atoms with Gasteiger partial charge in [-0.1, -0.05) is 15.9 Å². The molecule has 1 amide bonds. The lowest BCUT2D eigenvalue weighted by Crippen LogP contribution is -2.14. The molecular weight excluding hydrogens is 326 g/mol. The van der Waals surface area contributed by atoms with Crippen LogP contribution in [0.2, 0.25) is 0 Å². The van der Waals surface area contributed by atoms with Crippen LogP contribution in [-0.2, 0) is 0 Å². The highest BCUT2D eigenvalue weighted by Gasteiger charge is 2.14. The fraction of sp³-hybridized carbons (Fsp3) is 0. The number of carbonyl (C=O) groups is 2. The number of hydrogen-bond donors (Lipinski definition) is 3. The molecule has 0 unspecified atom stereocenters. The SMILES string of the molecule is O=C(Nc1ccc(O)cc1C(=O)O)c1ccc(Br)cc1. The summed E-state index contributed by atoms with van der Waals surface area (Å²) in [7, 11) is 0. The number of rotatable bonds is 3. The quantitative estimate of drug-likeness (QED) is 0.752. The van der Waals surface area contributed by atoms with E-state index in [-0.39, 0.29) is 17.0 Å². The van der Waals surface area contributed by atoms with Gasteiger partial charge in [0, 0.05) is 10.0 Å². The molecule has 0 radical (unpaired) electrons. The first-order valence-corrected chi connectivity index (χ1v) is 6.40. The summed E-state index contributed by atoms with van der Waals surface area (Å²) in [5.74, 6) is -1.83. The van der Waals surface area contributed by atoms with E-state index in [2.05, 4.69) is 21.2 Å². The minimum Gasteiger partial charge on any atom is -0.508 e. The third-order valence-corrected chi connectivity index (χ3v) is 3.12. The molecule has 0 atom stereocenters. The molecule has 0 aliphatic heterocycles. The van der Waals surface area contributed by atoms with Crippen LogP contribution in [0.4, 0.5) is 5.69 Å². The molecule has 0 aromatic heterocycles. The standard InChI is InChI=1S/C14H10BrNO4/c15-9-3-1-8(2-4-9)13(18)16-12-6-5-10(17)7-11(12)14(19)20/h1-7,17H,(H,16,18)(H,19,20). The second-order valence-corrected chi connectivity index (χ2v) is 4.91.